The Morgan fingerprint density at radius 1 is 1.52 bits per heavy atom. The summed E-state index contributed by atoms with van der Waals surface area (Å²) in [6.07, 6.45) is 1.41. The predicted octanol–water partition coefficient (Wildman–Crippen LogP) is 3.02. The number of anilines is 1. The monoisotopic (exact) mass is 424 g/mol. The summed E-state index contributed by atoms with van der Waals surface area (Å²) in [5.74, 6) is 1.45. The van der Waals surface area contributed by atoms with Crippen molar-refractivity contribution in [2.45, 2.75) is 19.6 Å². The van der Waals surface area contributed by atoms with Gasteiger partial charge in [-0.15, -0.1) is 10.2 Å². The normalized spacial score (nSPS) is 18.2. The van der Waals surface area contributed by atoms with Crippen molar-refractivity contribution in [3.05, 3.63) is 45.6 Å². The number of carbonyl (C=O) groups excluding carboxylic acids is 1. The van der Waals surface area contributed by atoms with Crippen molar-refractivity contribution in [1.29, 1.82) is 0 Å². The molecule has 25 heavy (non-hydrogen) atoms. The number of aliphatic hydroxyl groups is 1. The number of allylic oxidation sites excluding steroid dienone is 2. The van der Waals surface area contributed by atoms with Crippen molar-refractivity contribution >= 4 is 38.4 Å². The van der Waals surface area contributed by atoms with Gasteiger partial charge in [0.25, 0.3) is 0 Å². The Labute approximate surface area is 157 Å². The average Bonchev–Trinajstić information content (AvgIpc) is 3.11. The summed E-state index contributed by atoms with van der Waals surface area (Å²) in [6.45, 7) is 2.14. The zero-order chi connectivity index (χ0) is 18.0. The maximum Gasteiger partial charge on any atom is 0.328 e. The van der Waals surface area contributed by atoms with Crippen LogP contribution in [-0.4, -0.2) is 46.1 Å². The van der Waals surface area contributed by atoms with Gasteiger partial charge in [0, 0.05) is 11.5 Å². The van der Waals surface area contributed by atoms with Crippen LogP contribution in [0, 0.1) is 0 Å². The smallest absolute Gasteiger partial charge is 0.328 e. The number of aliphatic hydroxyl groups excluding tert-OH is 1. The minimum absolute atomic E-state index is 0.250. The van der Waals surface area contributed by atoms with Crippen molar-refractivity contribution in [2.75, 3.05) is 18.5 Å². The highest BCUT2D eigenvalue weighted by Gasteiger charge is 2.37. The van der Waals surface area contributed by atoms with Gasteiger partial charge in [-0.25, -0.2) is 9.69 Å². The van der Waals surface area contributed by atoms with Crippen LogP contribution in [0.1, 0.15) is 11.9 Å². The first-order chi connectivity index (χ1) is 12.0. The molecule has 7 nitrogen and oxygen atoms in total. The molecule has 1 saturated heterocycles. The lowest BCUT2D eigenvalue weighted by Crippen LogP contribution is -2.34. The van der Waals surface area contributed by atoms with Gasteiger partial charge in [-0.2, -0.15) is 0 Å². The van der Waals surface area contributed by atoms with E-state index in [0.29, 0.717) is 16.6 Å². The summed E-state index contributed by atoms with van der Waals surface area (Å²) >= 11 is 4.68. The van der Waals surface area contributed by atoms with Gasteiger partial charge >= 0.3 is 6.03 Å². The molecule has 2 aromatic rings. The molecule has 3 rings (SSSR count). The molecule has 2 heterocycles. The first kappa shape index (κ1) is 17.8. The van der Waals surface area contributed by atoms with Crippen LogP contribution in [0.3, 0.4) is 0 Å². The third-order valence-electron chi connectivity index (χ3n) is 3.62. The third kappa shape index (κ3) is 4.00. The highest BCUT2D eigenvalue weighted by molar-refractivity contribution is 9.10. The Morgan fingerprint density at radius 2 is 2.32 bits per heavy atom. The Hall–Kier alpha value is -1.97. The summed E-state index contributed by atoms with van der Waals surface area (Å²) in [6, 6.07) is 7.28. The fourth-order valence-corrected chi connectivity index (χ4v) is 3.63. The maximum absolute atomic E-state index is 12.1. The third-order valence-corrected chi connectivity index (χ3v) is 5.04. The van der Waals surface area contributed by atoms with E-state index in [2.05, 4.69) is 26.1 Å². The quantitative estimate of drug-likeness (QED) is 0.746. The number of urea groups is 1. The summed E-state index contributed by atoms with van der Waals surface area (Å²) < 4.78 is 6.81. The lowest BCUT2D eigenvalue weighted by atomic mass is 10.3. The number of hydrogen-bond donors (Lipinski definition) is 1. The largest absolute Gasteiger partial charge is 0.462 e. The number of halogens is 1. The minimum Gasteiger partial charge on any atom is -0.462 e. The molecule has 2 amide bonds. The first-order valence-corrected chi connectivity index (χ1v) is 9.22. The van der Waals surface area contributed by atoms with Gasteiger partial charge in [0.1, 0.15) is 16.5 Å². The van der Waals surface area contributed by atoms with Crippen molar-refractivity contribution in [2.24, 2.45) is 0 Å². The lowest BCUT2D eigenvalue weighted by molar-refractivity contribution is 0.183. The van der Waals surface area contributed by atoms with Crippen LogP contribution in [0.15, 0.2) is 40.6 Å². The fraction of sp³-hybridized carbons (Fsp3) is 0.312. The topological polar surface area (TPSA) is 78.8 Å². The van der Waals surface area contributed by atoms with Crippen molar-refractivity contribution in [3.63, 3.8) is 0 Å². The van der Waals surface area contributed by atoms with Gasteiger partial charge < -0.3 is 14.7 Å². The SMILES string of the molecule is CC=C(Cc1nnc(N2C(=O)N(C)CC2O)s1)Oc1cccc(Br)c1. The number of aromatic nitrogens is 2. The van der Waals surface area contributed by atoms with E-state index in [-0.39, 0.29) is 12.6 Å². The molecule has 1 aliphatic rings. The molecule has 0 radical (unpaired) electrons. The number of benzene rings is 1. The Morgan fingerprint density at radius 3 is 2.96 bits per heavy atom. The summed E-state index contributed by atoms with van der Waals surface area (Å²) in [7, 11) is 1.64. The van der Waals surface area contributed by atoms with E-state index in [1.165, 1.54) is 21.1 Å². The van der Waals surface area contributed by atoms with Crippen molar-refractivity contribution in [1.82, 2.24) is 15.1 Å². The molecule has 0 aliphatic carbocycles. The number of likely N-dealkylation sites (N-methyl/N-ethyl adjacent to an activating group) is 1. The Balaban J connectivity index is 1.71. The maximum atomic E-state index is 12.1. The molecule has 1 aromatic heterocycles. The minimum atomic E-state index is -0.905. The number of amides is 2. The van der Waals surface area contributed by atoms with E-state index in [4.69, 9.17) is 4.74 Å². The molecule has 0 spiro atoms. The van der Waals surface area contributed by atoms with Gasteiger partial charge in [0.2, 0.25) is 5.13 Å². The van der Waals surface area contributed by atoms with Crippen LogP contribution in [0.5, 0.6) is 5.75 Å². The molecule has 132 valence electrons. The van der Waals surface area contributed by atoms with Gasteiger partial charge in [-0.3, -0.25) is 0 Å². The lowest BCUT2D eigenvalue weighted by Gasteiger charge is -2.14. The standard InChI is InChI=1S/C16H17BrN4O3S/c1-3-11(24-12-6-4-5-10(17)7-12)8-13-18-19-15(25-13)21-14(22)9-20(2)16(21)23/h3-7,14,22H,8-9H2,1-2H3. The fourth-order valence-electron chi connectivity index (χ4n) is 2.37. The summed E-state index contributed by atoms with van der Waals surface area (Å²) in [4.78, 5) is 14.8. The van der Waals surface area contributed by atoms with Crippen LogP contribution in [0.25, 0.3) is 0 Å². The zero-order valence-electron chi connectivity index (χ0n) is 13.7. The van der Waals surface area contributed by atoms with Crippen LogP contribution in [0.2, 0.25) is 0 Å². The number of ether oxygens (including phenoxy) is 1. The van der Waals surface area contributed by atoms with Crippen molar-refractivity contribution < 1.29 is 14.6 Å². The van der Waals surface area contributed by atoms with E-state index in [9.17, 15) is 9.90 Å². The summed E-state index contributed by atoms with van der Waals surface area (Å²) in [5.41, 5.74) is 0. The van der Waals surface area contributed by atoms with E-state index in [1.54, 1.807) is 7.05 Å². The highest BCUT2D eigenvalue weighted by atomic mass is 79.9. The molecule has 1 aromatic carbocycles. The number of carbonyl (C=O) groups is 1. The van der Waals surface area contributed by atoms with Crippen LogP contribution in [-0.2, 0) is 6.42 Å². The zero-order valence-corrected chi connectivity index (χ0v) is 16.1. The number of hydrogen-bond acceptors (Lipinski definition) is 6. The number of nitrogens with zero attached hydrogens (tertiary/aromatic N) is 4. The van der Waals surface area contributed by atoms with E-state index in [0.717, 1.165) is 16.0 Å². The van der Waals surface area contributed by atoms with Crippen LogP contribution >= 0.6 is 27.3 Å². The van der Waals surface area contributed by atoms with E-state index < -0.39 is 6.23 Å². The van der Waals surface area contributed by atoms with Gasteiger partial charge in [-0.05, 0) is 31.2 Å². The van der Waals surface area contributed by atoms with Crippen LogP contribution in [0.4, 0.5) is 9.93 Å². The predicted molar refractivity (Wildman–Crippen MR) is 98.7 cm³/mol. The Kier molecular flexibility index (Phi) is 5.36. The Bertz CT molecular complexity index is 810. The van der Waals surface area contributed by atoms with Crippen molar-refractivity contribution in [3.8, 4) is 5.75 Å². The van der Waals surface area contributed by atoms with Crippen LogP contribution < -0.4 is 9.64 Å². The van der Waals surface area contributed by atoms with E-state index >= 15 is 0 Å². The average molecular weight is 425 g/mol. The molecule has 0 bridgehead atoms. The molecule has 1 atom stereocenters. The second-order valence-corrected chi connectivity index (χ2v) is 7.44. The molecule has 1 aliphatic heterocycles. The number of rotatable bonds is 5. The molecular weight excluding hydrogens is 408 g/mol. The molecule has 1 fully saturated rings. The first-order valence-electron chi connectivity index (χ1n) is 7.61. The van der Waals surface area contributed by atoms with Gasteiger partial charge in [-0.1, -0.05) is 33.3 Å². The molecular formula is C16H17BrN4O3S. The van der Waals surface area contributed by atoms with E-state index in [1.807, 2.05) is 37.3 Å². The molecule has 1 unspecified atom stereocenters. The molecule has 1 N–H and O–H groups in total. The number of β-amino-alcohol motifs (C(OH)–C–C–N with tert-alkyl or cyclic N) is 1. The van der Waals surface area contributed by atoms with Gasteiger partial charge in [0.15, 0.2) is 6.23 Å². The molecule has 0 saturated carbocycles. The second-order valence-electron chi connectivity index (χ2n) is 5.48. The molecule has 9 heteroatoms. The highest BCUT2D eigenvalue weighted by Crippen LogP contribution is 2.28. The second kappa shape index (κ2) is 7.51. The summed E-state index contributed by atoms with van der Waals surface area (Å²) in [5, 5.41) is 19.2. The van der Waals surface area contributed by atoms with Gasteiger partial charge in [0.05, 0.1) is 13.0 Å².